The molecule has 2 N–H and O–H groups in total. The fourth-order valence-corrected chi connectivity index (χ4v) is 4.95. The van der Waals surface area contributed by atoms with Gasteiger partial charge in [-0.25, -0.2) is 4.98 Å². The Morgan fingerprint density at radius 2 is 2.11 bits per heavy atom. The minimum Gasteiger partial charge on any atom is -0.497 e. The van der Waals surface area contributed by atoms with Gasteiger partial charge in [0, 0.05) is 11.1 Å². The molecule has 4 rings (SSSR count). The first-order chi connectivity index (χ1) is 13.5. The summed E-state index contributed by atoms with van der Waals surface area (Å²) in [6.07, 6.45) is 4.39. The number of rotatable bonds is 5. The van der Waals surface area contributed by atoms with Gasteiger partial charge in [0.25, 0.3) is 0 Å². The minimum atomic E-state index is -0.166. The average molecular weight is 397 g/mol. The Hall–Kier alpha value is -2.60. The lowest BCUT2D eigenvalue weighted by Gasteiger charge is -2.22. The monoisotopic (exact) mass is 396 g/mol. The first-order valence-corrected chi connectivity index (χ1v) is 10.3. The van der Waals surface area contributed by atoms with Crippen molar-refractivity contribution >= 4 is 33.0 Å². The lowest BCUT2D eigenvalue weighted by molar-refractivity contribution is 0.104. The molecule has 5 nitrogen and oxygen atoms in total. The molecule has 0 saturated heterocycles. The minimum absolute atomic E-state index is 0.166. The molecule has 1 aliphatic carbocycles. The fourth-order valence-electron chi connectivity index (χ4n) is 3.90. The van der Waals surface area contributed by atoms with E-state index in [9.17, 15) is 4.79 Å². The number of nitrogen functional groups attached to an aromatic ring is 1. The van der Waals surface area contributed by atoms with Crippen LogP contribution in [0, 0.1) is 5.92 Å². The van der Waals surface area contributed by atoms with E-state index in [2.05, 4.69) is 13.0 Å². The molecule has 0 spiro atoms. The summed E-state index contributed by atoms with van der Waals surface area (Å²) >= 11 is 1.36. The highest BCUT2D eigenvalue weighted by molar-refractivity contribution is 7.21. The summed E-state index contributed by atoms with van der Waals surface area (Å²) in [7, 11) is 3.12. The van der Waals surface area contributed by atoms with E-state index in [1.165, 1.54) is 29.7 Å². The predicted molar refractivity (Wildman–Crippen MR) is 113 cm³/mol. The van der Waals surface area contributed by atoms with Gasteiger partial charge in [-0.3, -0.25) is 4.79 Å². The van der Waals surface area contributed by atoms with Crippen molar-refractivity contribution in [3.63, 3.8) is 0 Å². The second kappa shape index (κ2) is 7.43. The van der Waals surface area contributed by atoms with Gasteiger partial charge in [-0.15, -0.1) is 11.3 Å². The molecule has 1 aromatic carbocycles. The van der Waals surface area contributed by atoms with Crippen LogP contribution in [0.15, 0.2) is 24.3 Å². The van der Waals surface area contributed by atoms with Crippen LogP contribution in [0.1, 0.15) is 46.3 Å². The van der Waals surface area contributed by atoms with Gasteiger partial charge in [0.15, 0.2) is 0 Å². The molecule has 28 heavy (non-hydrogen) atoms. The molecule has 0 saturated carbocycles. The number of pyridine rings is 1. The molecule has 1 aliphatic rings. The number of ketones is 1. The molecule has 0 amide bonds. The van der Waals surface area contributed by atoms with E-state index >= 15 is 0 Å². The number of nitrogens with zero attached hydrogens (tertiary/aromatic N) is 1. The third-order valence-electron chi connectivity index (χ3n) is 5.62. The largest absolute Gasteiger partial charge is 0.497 e. The number of hydrogen-bond donors (Lipinski definition) is 1. The summed E-state index contributed by atoms with van der Waals surface area (Å²) in [5.41, 5.74) is 9.78. The molecular formula is C22H24N2O3S. The maximum absolute atomic E-state index is 13.3. The van der Waals surface area contributed by atoms with Crippen LogP contribution in [0.5, 0.6) is 11.5 Å². The highest BCUT2D eigenvalue weighted by Crippen LogP contribution is 2.39. The maximum Gasteiger partial charge on any atom is 0.209 e. The van der Waals surface area contributed by atoms with E-state index in [0.29, 0.717) is 33.5 Å². The van der Waals surface area contributed by atoms with Crippen LogP contribution in [-0.2, 0) is 12.8 Å². The lowest BCUT2D eigenvalue weighted by Crippen LogP contribution is -2.14. The van der Waals surface area contributed by atoms with E-state index in [1.807, 2.05) is 0 Å². The first-order valence-electron chi connectivity index (χ1n) is 9.53. The number of carbonyl (C=O) groups is 1. The lowest BCUT2D eigenvalue weighted by atomic mass is 9.85. The van der Waals surface area contributed by atoms with Crippen LogP contribution < -0.4 is 15.2 Å². The zero-order valence-electron chi connectivity index (χ0n) is 16.4. The maximum atomic E-state index is 13.3. The molecule has 0 aliphatic heterocycles. The number of aromatic nitrogens is 1. The normalized spacial score (nSPS) is 16.0. The predicted octanol–water partition coefficient (Wildman–Crippen LogP) is 4.64. The molecular weight excluding hydrogens is 372 g/mol. The Morgan fingerprint density at radius 3 is 2.82 bits per heavy atom. The number of benzene rings is 1. The van der Waals surface area contributed by atoms with Crippen LogP contribution in [0.3, 0.4) is 0 Å². The number of fused-ring (bicyclic) bond motifs is 2. The van der Waals surface area contributed by atoms with Crippen molar-refractivity contribution in [1.29, 1.82) is 0 Å². The van der Waals surface area contributed by atoms with E-state index < -0.39 is 0 Å². The Balaban J connectivity index is 1.80. The molecule has 6 heteroatoms. The summed E-state index contributed by atoms with van der Waals surface area (Å²) in [6.45, 7) is 2.23. The quantitative estimate of drug-likeness (QED) is 0.636. The van der Waals surface area contributed by atoms with Crippen LogP contribution >= 0.6 is 11.3 Å². The Labute approximate surface area is 168 Å². The van der Waals surface area contributed by atoms with Gasteiger partial charge < -0.3 is 15.2 Å². The first kappa shape index (κ1) is 18.7. The van der Waals surface area contributed by atoms with Crippen molar-refractivity contribution < 1.29 is 14.3 Å². The number of methoxy groups -OCH3 is 2. The Kier molecular flexibility index (Phi) is 4.98. The number of carbonyl (C=O) groups excluding carboxylic acids is 1. The number of ether oxygens (including phenoxy) is 2. The van der Waals surface area contributed by atoms with Crippen LogP contribution in [0.4, 0.5) is 5.69 Å². The third-order valence-corrected chi connectivity index (χ3v) is 6.74. The second-order valence-corrected chi connectivity index (χ2v) is 8.20. The van der Waals surface area contributed by atoms with Crippen molar-refractivity contribution in [1.82, 2.24) is 4.98 Å². The van der Waals surface area contributed by atoms with Crippen LogP contribution in [0.25, 0.3) is 10.2 Å². The SMILES string of the molecule is CC[C@@H]1CCc2nc3sc(C(=O)c4cc(OC)ccc4OC)c(N)c3cc2C1. The molecule has 0 radical (unpaired) electrons. The van der Waals surface area contributed by atoms with Crippen molar-refractivity contribution in [3.8, 4) is 11.5 Å². The van der Waals surface area contributed by atoms with Crippen molar-refractivity contribution in [2.45, 2.75) is 32.6 Å². The number of nitrogens with two attached hydrogens (primary N) is 1. The van der Waals surface area contributed by atoms with Gasteiger partial charge in [0.1, 0.15) is 21.2 Å². The van der Waals surface area contributed by atoms with Crippen molar-refractivity contribution in [3.05, 3.63) is 46.0 Å². The number of anilines is 1. The Bertz CT molecular complexity index is 1060. The van der Waals surface area contributed by atoms with E-state index in [1.54, 1.807) is 32.4 Å². The third kappa shape index (κ3) is 3.11. The van der Waals surface area contributed by atoms with Gasteiger partial charge in [-0.1, -0.05) is 13.3 Å². The van der Waals surface area contributed by atoms with E-state index in [4.69, 9.17) is 20.2 Å². The van der Waals surface area contributed by atoms with Crippen molar-refractivity contribution in [2.24, 2.45) is 5.92 Å². The van der Waals surface area contributed by atoms with Gasteiger partial charge in [-0.05, 0) is 55.0 Å². The summed E-state index contributed by atoms with van der Waals surface area (Å²) in [5.74, 6) is 1.64. The smallest absolute Gasteiger partial charge is 0.209 e. The number of hydrogen-bond acceptors (Lipinski definition) is 6. The van der Waals surface area contributed by atoms with Gasteiger partial charge in [-0.2, -0.15) is 0 Å². The summed E-state index contributed by atoms with van der Waals surface area (Å²) in [5, 5.41) is 0.880. The number of aryl methyl sites for hydroxylation is 1. The van der Waals surface area contributed by atoms with Crippen LogP contribution in [0.2, 0.25) is 0 Å². The standard InChI is InChI=1S/C22H24N2O3S/c1-4-12-5-7-17-13(9-12)10-16-19(23)21(28-22(16)24-17)20(25)15-11-14(26-2)6-8-18(15)27-3/h6,8,10-12H,4-5,7,9,23H2,1-3H3/t12-/m1/s1. The zero-order valence-corrected chi connectivity index (χ0v) is 17.2. The summed E-state index contributed by atoms with van der Waals surface area (Å²) < 4.78 is 10.6. The second-order valence-electron chi connectivity index (χ2n) is 7.20. The molecule has 2 aromatic heterocycles. The van der Waals surface area contributed by atoms with Crippen molar-refractivity contribution in [2.75, 3.05) is 20.0 Å². The van der Waals surface area contributed by atoms with E-state index in [-0.39, 0.29) is 5.78 Å². The van der Waals surface area contributed by atoms with Crippen LogP contribution in [-0.4, -0.2) is 25.0 Å². The molecule has 2 heterocycles. The Morgan fingerprint density at radius 1 is 1.29 bits per heavy atom. The zero-order chi connectivity index (χ0) is 19.8. The molecule has 1 atom stereocenters. The molecule has 3 aromatic rings. The fraction of sp³-hybridized carbons (Fsp3) is 0.364. The molecule has 0 fully saturated rings. The summed E-state index contributed by atoms with van der Waals surface area (Å²) in [4.78, 5) is 19.5. The molecule has 0 unspecified atom stereocenters. The van der Waals surface area contributed by atoms with Gasteiger partial charge in [0.2, 0.25) is 5.78 Å². The van der Waals surface area contributed by atoms with E-state index in [0.717, 1.165) is 28.8 Å². The summed E-state index contributed by atoms with van der Waals surface area (Å²) in [6, 6.07) is 7.33. The average Bonchev–Trinajstić information content (AvgIpc) is 3.06. The molecule has 0 bridgehead atoms. The van der Waals surface area contributed by atoms with Gasteiger partial charge in [0.05, 0.1) is 25.5 Å². The highest BCUT2D eigenvalue weighted by atomic mass is 32.1. The topological polar surface area (TPSA) is 74.4 Å². The van der Waals surface area contributed by atoms with Gasteiger partial charge >= 0.3 is 0 Å². The molecule has 146 valence electrons. The number of thiophene rings is 1. The highest BCUT2D eigenvalue weighted by Gasteiger charge is 2.25.